The van der Waals surface area contributed by atoms with Gasteiger partial charge in [-0.1, -0.05) is 0 Å². The van der Waals surface area contributed by atoms with Gasteiger partial charge >= 0.3 is 12.0 Å². The third-order valence-electron chi connectivity index (χ3n) is 1.65. The zero-order valence-corrected chi connectivity index (χ0v) is 8.38. The highest BCUT2D eigenvalue weighted by atomic mass is 32.2. The van der Waals surface area contributed by atoms with E-state index in [0.29, 0.717) is 13.1 Å². The Hall–Kier alpha value is -0.950. The van der Waals surface area contributed by atoms with Crippen LogP contribution in [0.1, 0.15) is 0 Å². The average Bonchev–Trinajstić information content (AvgIpc) is 2.18. The molecule has 0 unspecified atom stereocenters. The summed E-state index contributed by atoms with van der Waals surface area (Å²) < 4.78 is 0. The Morgan fingerprint density at radius 1 is 1.43 bits per heavy atom. The standard InChI is InChI=1S/C7H12N2O4S/c10-6(11)5-13-8-7(12)9-1-3-14-4-2-9/h1-5H2,(H,8,12)(H,10,11). The summed E-state index contributed by atoms with van der Waals surface area (Å²) in [7, 11) is 0. The van der Waals surface area contributed by atoms with Crippen LogP contribution in [0.5, 0.6) is 0 Å². The Morgan fingerprint density at radius 3 is 2.64 bits per heavy atom. The molecule has 1 aliphatic rings. The van der Waals surface area contributed by atoms with Crippen LogP contribution in [0.15, 0.2) is 0 Å². The van der Waals surface area contributed by atoms with Gasteiger partial charge < -0.3 is 10.0 Å². The van der Waals surface area contributed by atoms with Gasteiger partial charge in [-0.05, 0) is 0 Å². The number of carbonyl (C=O) groups is 2. The molecule has 0 saturated carbocycles. The van der Waals surface area contributed by atoms with E-state index in [4.69, 9.17) is 5.11 Å². The Labute approximate surface area is 85.5 Å². The summed E-state index contributed by atoms with van der Waals surface area (Å²) in [6.07, 6.45) is 0. The lowest BCUT2D eigenvalue weighted by Gasteiger charge is -2.25. The highest BCUT2D eigenvalue weighted by Crippen LogP contribution is 2.08. The van der Waals surface area contributed by atoms with Crippen molar-refractivity contribution in [2.24, 2.45) is 0 Å². The Morgan fingerprint density at radius 2 is 2.07 bits per heavy atom. The number of amides is 2. The van der Waals surface area contributed by atoms with Crippen LogP contribution in [0.3, 0.4) is 0 Å². The molecule has 2 N–H and O–H groups in total. The number of urea groups is 1. The number of carboxylic acid groups (broad SMARTS) is 1. The first kappa shape index (κ1) is 11.1. The van der Waals surface area contributed by atoms with Gasteiger partial charge in [0, 0.05) is 24.6 Å². The molecule has 0 aromatic carbocycles. The van der Waals surface area contributed by atoms with Crippen LogP contribution in [0.25, 0.3) is 0 Å². The lowest BCUT2D eigenvalue weighted by atomic mass is 10.5. The maximum Gasteiger partial charge on any atom is 0.341 e. The molecule has 6 nitrogen and oxygen atoms in total. The third kappa shape index (κ3) is 3.84. The topological polar surface area (TPSA) is 78.9 Å². The van der Waals surface area contributed by atoms with Crippen molar-refractivity contribution in [3.63, 3.8) is 0 Å². The number of nitrogens with zero attached hydrogens (tertiary/aromatic N) is 1. The molecule has 0 spiro atoms. The predicted molar refractivity (Wildman–Crippen MR) is 51.0 cm³/mol. The lowest BCUT2D eigenvalue weighted by Crippen LogP contribution is -2.44. The second kappa shape index (κ2) is 5.71. The normalized spacial score (nSPS) is 16.4. The molecule has 7 heteroatoms. The van der Waals surface area contributed by atoms with Crippen LogP contribution in [-0.4, -0.2) is 53.2 Å². The number of rotatable bonds is 3. The van der Waals surface area contributed by atoms with Gasteiger partial charge in [0.05, 0.1) is 0 Å². The van der Waals surface area contributed by atoms with E-state index < -0.39 is 12.6 Å². The van der Waals surface area contributed by atoms with Crippen molar-refractivity contribution in [3.05, 3.63) is 0 Å². The molecular weight excluding hydrogens is 208 g/mol. The number of aliphatic carboxylic acids is 1. The summed E-state index contributed by atoms with van der Waals surface area (Å²) in [5.74, 6) is 0.707. The van der Waals surface area contributed by atoms with Crippen molar-refractivity contribution in [2.45, 2.75) is 0 Å². The minimum Gasteiger partial charge on any atom is -0.479 e. The summed E-state index contributed by atoms with van der Waals surface area (Å²) in [4.78, 5) is 27.4. The van der Waals surface area contributed by atoms with E-state index in [9.17, 15) is 9.59 Å². The largest absolute Gasteiger partial charge is 0.479 e. The number of nitrogens with one attached hydrogen (secondary N) is 1. The van der Waals surface area contributed by atoms with Crippen LogP contribution >= 0.6 is 11.8 Å². The molecule has 1 rings (SSSR count). The first-order chi connectivity index (χ1) is 6.70. The molecule has 14 heavy (non-hydrogen) atoms. The highest BCUT2D eigenvalue weighted by Gasteiger charge is 2.16. The van der Waals surface area contributed by atoms with E-state index in [2.05, 4.69) is 10.3 Å². The monoisotopic (exact) mass is 220 g/mol. The molecule has 1 heterocycles. The minimum atomic E-state index is -1.11. The van der Waals surface area contributed by atoms with Crippen LogP contribution < -0.4 is 5.48 Å². The van der Waals surface area contributed by atoms with Gasteiger partial charge in [-0.25, -0.2) is 15.1 Å². The first-order valence-corrected chi connectivity index (χ1v) is 5.32. The predicted octanol–water partition coefficient (Wildman–Crippen LogP) is -0.239. The van der Waals surface area contributed by atoms with Crippen molar-refractivity contribution in [3.8, 4) is 0 Å². The second-order valence-corrected chi connectivity index (χ2v) is 3.91. The quantitative estimate of drug-likeness (QED) is 0.642. The molecule has 0 aliphatic carbocycles. The maximum absolute atomic E-state index is 11.3. The van der Waals surface area contributed by atoms with E-state index >= 15 is 0 Å². The van der Waals surface area contributed by atoms with Crippen molar-refractivity contribution < 1.29 is 19.5 Å². The molecule has 1 fully saturated rings. The van der Waals surface area contributed by atoms with Gasteiger partial charge in [0.15, 0.2) is 6.61 Å². The zero-order chi connectivity index (χ0) is 10.4. The summed E-state index contributed by atoms with van der Waals surface area (Å²) in [6, 6.07) is -0.369. The SMILES string of the molecule is O=C(O)CONC(=O)N1CCSCC1. The van der Waals surface area contributed by atoms with E-state index in [0.717, 1.165) is 11.5 Å². The number of carboxylic acids is 1. The van der Waals surface area contributed by atoms with E-state index in [1.54, 1.807) is 16.7 Å². The molecular formula is C7H12N2O4S. The van der Waals surface area contributed by atoms with Crippen LogP contribution in [0.4, 0.5) is 4.79 Å². The van der Waals surface area contributed by atoms with Gasteiger partial charge in [0.1, 0.15) is 0 Å². The zero-order valence-electron chi connectivity index (χ0n) is 7.56. The fourth-order valence-corrected chi connectivity index (χ4v) is 1.89. The summed E-state index contributed by atoms with van der Waals surface area (Å²) >= 11 is 1.79. The van der Waals surface area contributed by atoms with Gasteiger partial charge in [-0.2, -0.15) is 11.8 Å². The summed E-state index contributed by atoms with van der Waals surface area (Å²) in [6.45, 7) is 0.828. The molecule has 1 aliphatic heterocycles. The third-order valence-corrected chi connectivity index (χ3v) is 2.60. The second-order valence-electron chi connectivity index (χ2n) is 2.69. The fraction of sp³-hybridized carbons (Fsp3) is 0.714. The van der Waals surface area contributed by atoms with Crippen molar-refractivity contribution >= 4 is 23.8 Å². The fourth-order valence-electron chi connectivity index (χ4n) is 0.991. The van der Waals surface area contributed by atoms with Crippen molar-refractivity contribution in [1.82, 2.24) is 10.4 Å². The van der Waals surface area contributed by atoms with Crippen LogP contribution in [-0.2, 0) is 9.63 Å². The molecule has 2 amide bonds. The van der Waals surface area contributed by atoms with E-state index in [1.165, 1.54) is 0 Å². The molecule has 0 bridgehead atoms. The average molecular weight is 220 g/mol. The Kier molecular flexibility index (Phi) is 4.54. The number of hydrogen-bond acceptors (Lipinski definition) is 4. The molecule has 0 atom stereocenters. The molecule has 80 valence electrons. The Bertz CT molecular complexity index is 218. The lowest BCUT2D eigenvalue weighted by molar-refractivity contribution is -0.144. The Balaban J connectivity index is 2.16. The van der Waals surface area contributed by atoms with E-state index in [1.807, 2.05) is 0 Å². The molecule has 1 saturated heterocycles. The smallest absolute Gasteiger partial charge is 0.341 e. The highest BCUT2D eigenvalue weighted by molar-refractivity contribution is 7.99. The van der Waals surface area contributed by atoms with Crippen LogP contribution in [0, 0.1) is 0 Å². The number of carbonyl (C=O) groups excluding carboxylic acids is 1. The first-order valence-electron chi connectivity index (χ1n) is 4.16. The number of hydroxylamine groups is 1. The van der Waals surface area contributed by atoms with Crippen molar-refractivity contribution in [2.75, 3.05) is 31.2 Å². The van der Waals surface area contributed by atoms with Gasteiger partial charge in [-0.3, -0.25) is 4.84 Å². The summed E-state index contributed by atoms with van der Waals surface area (Å²) in [5, 5.41) is 8.24. The maximum atomic E-state index is 11.3. The summed E-state index contributed by atoms with van der Waals surface area (Å²) in [5.41, 5.74) is 2.08. The van der Waals surface area contributed by atoms with Crippen LogP contribution in [0.2, 0.25) is 0 Å². The van der Waals surface area contributed by atoms with Crippen molar-refractivity contribution in [1.29, 1.82) is 0 Å². The molecule has 0 aromatic heterocycles. The van der Waals surface area contributed by atoms with Gasteiger partial charge in [-0.15, -0.1) is 0 Å². The minimum absolute atomic E-state index is 0.369. The molecule has 0 radical (unpaired) electrons. The van der Waals surface area contributed by atoms with E-state index in [-0.39, 0.29) is 6.03 Å². The van der Waals surface area contributed by atoms with Gasteiger partial charge in [0.25, 0.3) is 0 Å². The number of thioether (sulfide) groups is 1. The number of hydrogen-bond donors (Lipinski definition) is 2. The molecule has 0 aromatic rings. The van der Waals surface area contributed by atoms with Gasteiger partial charge in [0.2, 0.25) is 0 Å².